The van der Waals surface area contributed by atoms with Crippen LogP contribution in [0.15, 0.2) is 97.2 Å². The van der Waals surface area contributed by atoms with E-state index in [4.69, 9.17) is 18.9 Å². The Balaban J connectivity index is 1.63. The first-order chi connectivity index (χ1) is 44.1. The van der Waals surface area contributed by atoms with E-state index in [1.165, 1.54) is 173 Å². The van der Waals surface area contributed by atoms with Crippen LogP contribution in [0.4, 0.5) is 0 Å². The number of unbranched alkanes of at least 4 members (excludes halogenated alkanes) is 32. The summed E-state index contributed by atoms with van der Waals surface area (Å²) in [5.41, 5.74) is 0. The van der Waals surface area contributed by atoms with Gasteiger partial charge in [0.2, 0.25) is 5.91 Å². The number of rotatable bonds is 59. The highest BCUT2D eigenvalue weighted by Gasteiger charge is 2.51. The number of hydrogen-bond donors (Lipinski definition) is 9. The Labute approximate surface area is 547 Å². The number of aliphatic hydroxyl groups is 8. The number of carbonyl (C=O) groups is 1. The topological polar surface area (TPSA) is 228 Å². The Morgan fingerprint density at radius 2 is 0.767 bits per heavy atom. The first-order valence-corrected chi connectivity index (χ1v) is 36.5. The molecule has 90 heavy (non-hydrogen) atoms. The first-order valence-electron chi connectivity index (χ1n) is 36.5. The number of allylic oxidation sites excluding steroid dienone is 15. The molecule has 0 aromatic heterocycles. The van der Waals surface area contributed by atoms with Crippen LogP contribution in [0, 0.1) is 0 Å². The minimum atomic E-state index is -1.79. The standard InChI is InChI=1S/C76H133NO13/c1-3-5-7-9-11-13-15-17-19-21-23-24-25-26-27-28-29-30-31-32-33-34-35-36-37-38-39-40-42-44-46-48-50-52-54-56-58-60-68(81)77-64(65(80)59-57-55-53-51-49-47-45-43-41-22-20-18-16-14-12-10-8-6-4-2)63-87-75-73(86)71(84)74(67(62-79)89-75)90-76-72(85)70(83)69(82)66(61-78)88-76/h5,7,11,13,17,19,23-24,26-27,29-30,32-33,57,59,64-67,69-76,78-80,82-86H,3-4,6,8-10,12,14-16,18,20-22,25,28,31,34-56,58,60-63H2,1-2H3,(H,77,81)/b7-5-,13-11-,19-17-,24-23-,27-26-,30-29-,33-32-,59-57+. The molecule has 12 atom stereocenters. The normalized spacial score (nSPS) is 23.5. The molecule has 0 aliphatic carbocycles. The number of ether oxygens (including phenoxy) is 4. The second-order valence-corrected chi connectivity index (χ2v) is 25.3. The summed E-state index contributed by atoms with van der Waals surface area (Å²) < 4.78 is 22.9. The second kappa shape index (κ2) is 59.6. The highest BCUT2D eigenvalue weighted by atomic mass is 16.7. The molecule has 0 aromatic carbocycles. The lowest BCUT2D eigenvalue weighted by Crippen LogP contribution is -2.65. The van der Waals surface area contributed by atoms with Gasteiger partial charge < -0.3 is 65.1 Å². The zero-order valence-electron chi connectivity index (χ0n) is 56.6. The summed E-state index contributed by atoms with van der Waals surface area (Å²) in [4.78, 5) is 13.3. The molecule has 0 spiro atoms. The van der Waals surface area contributed by atoms with Crippen molar-refractivity contribution in [3.05, 3.63) is 97.2 Å². The summed E-state index contributed by atoms with van der Waals surface area (Å²) >= 11 is 0. The predicted octanol–water partition coefficient (Wildman–Crippen LogP) is 15.3. The van der Waals surface area contributed by atoms with Crippen LogP contribution in [-0.4, -0.2) is 140 Å². The van der Waals surface area contributed by atoms with Gasteiger partial charge in [-0.15, -0.1) is 0 Å². The van der Waals surface area contributed by atoms with Gasteiger partial charge in [-0.25, -0.2) is 0 Å². The molecule has 0 radical (unpaired) electrons. The monoisotopic (exact) mass is 1270 g/mol. The number of nitrogens with one attached hydrogen (secondary N) is 1. The average molecular weight is 1270 g/mol. The quantitative estimate of drug-likeness (QED) is 0.0204. The van der Waals surface area contributed by atoms with Crippen molar-refractivity contribution >= 4 is 5.91 Å². The van der Waals surface area contributed by atoms with Crippen molar-refractivity contribution in [1.82, 2.24) is 5.32 Å². The predicted molar refractivity (Wildman–Crippen MR) is 369 cm³/mol. The van der Waals surface area contributed by atoms with Gasteiger partial charge >= 0.3 is 0 Å². The molecular formula is C76H133NO13. The molecule has 2 rings (SSSR count). The summed E-state index contributed by atoms with van der Waals surface area (Å²) in [5, 5.41) is 87.5. The van der Waals surface area contributed by atoms with Gasteiger partial charge in [-0.2, -0.15) is 0 Å². The summed E-state index contributed by atoms with van der Waals surface area (Å²) in [6.07, 6.45) is 67.5. The molecule has 0 aromatic rings. The zero-order valence-corrected chi connectivity index (χ0v) is 56.6. The molecule has 0 bridgehead atoms. The van der Waals surface area contributed by atoms with Crippen LogP contribution in [0.3, 0.4) is 0 Å². The van der Waals surface area contributed by atoms with Gasteiger partial charge in [-0.1, -0.05) is 297 Å². The third-order valence-electron chi connectivity index (χ3n) is 17.3. The van der Waals surface area contributed by atoms with Crippen molar-refractivity contribution in [3.63, 3.8) is 0 Å². The Morgan fingerprint density at radius 3 is 1.18 bits per heavy atom. The third kappa shape index (κ3) is 43.0. The maximum absolute atomic E-state index is 13.3. The van der Waals surface area contributed by atoms with E-state index in [-0.39, 0.29) is 18.9 Å². The van der Waals surface area contributed by atoms with Gasteiger partial charge in [0.25, 0.3) is 0 Å². The fraction of sp³-hybridized carbons (Fsp3) is 0.776. The van der Waals surface area contributed by atoms with Gasteiger partial charge in [0.05, 0.1) is 32.0 Å². The molecule has 14 nitrogen and oxygen atoms in total. The van der Waals surface area contributed by atoms with Crippen molar-refractivity contribution in [2.45, 2.75) is 357 Å². The maximum atomic E-state index is 13.3. The summed E-state index contributed by atoms with van der Waals surface area (Å²) in [5.74, 6) is -0.240. The van der Waals surface area contributed by atoms with Gasteiger partial charge in [0, 0.05) is 6.42 Å². The van der Waals surface area contributed by atoms with Crippen molar-refractivity contribution in [2.75, 3.05) is 19.8 Å². The van der Waals surface area contributed by atoms with E-state index in [0.29, 0.717) is 6.42 Å². The zero-order chi connectivity index (χ0) is 65.2. The smallest absolute Gasteiger partial charge is 0.220 e. The lowest BCUT2D eigenvalue weighted by Gasteiger charge is -2.46. The van der Waals surface area contributed by atoms with Crippen molar-refractivity contribution in [2.24, 2.45) is 0 Å². The molecular weight excluding hydrogens is 1130 g/mol. The van der Waals surface area contributed by atoms with E-state index in [1.807, 2.05) is 6.08 Å². The number of carbonyl (C=O) groups excluding carboxylic acids is 1. The van der Waals surface area contributed by atoms with Gasteiger partial charge in [0.15, 0.2) is 12.6 Å². The highest BCUT2D eigenvalue weighted by Crippen LogP contribution is 2.30. The molecule has 2 fully saturated rings. The lowest BCUT2D eigenvalue weighted by atomic mass is 9.97. The Bertz CT molecular complexity index is 1880. The lowest BCUT2D eigenvalue weighted by molar-refractivity contribution is -0.359. The van der Waals surface area contributed by atoms with E-state index >= 15 is 0 Å². The first kappa shape index (κ1) is 83.0. The number of aliphatic hydroxyl groups excluding tert-OH is 8. The summed E-state index contributed by atoms with van der Waals surface area (Å²) in [7, 11) is 0. The molecule has 520 valence electrons. The van der Waals surface area contributed by atoms with E-state index in [2.05, 4.69) is 104 Å². The van der Waals surface area contributed by atoms with Crippen molar-refractivity contribution < 1.29 is 64.6 Å². The molecule has 1 amide bonds. The van der Waals surface area contributed by atoms with Gasteiger partial charge in [-0.3, -0.25) is 4.79 Å². The van der Waals surface area contributed by atoms with E-state index in [9.17, 15) is 45.6 Å². The van der Waals surface area contributed by atoms with Crippen LogP contribution in [0.5, 0.6) is 0 Å². The van der Waals surface area contributed by atoms with E-state index in [1.54, 1.807) is 6.08 Å². The Morgan fingerprint density at radius 1 is 0.411 bits per heavy atom. The molecule has 12 unspecified atom stereocenters. The van der Waals surface area contributed by atoms with Crippen molar-refractivity contribution in [1.29, 1.82) is 0 Å². The van der Waals surface area contributed by atoms with Crippen LogP contribution in [0.25, 0.3) is 0 Å². The molecule has 9 N–H and O–H groups in total. The fourth-order valence-corrected chi connectivity index (χ4v) is 11.5. The van der Waals surface area contributed by atoms with E-state index in [0.717, 1.165) is 83.5 Å². The van der Waals surface area contributed by atoms with Crippen LogP contribution < -0.4 is 5.32 Å². The molecule has 2 aliphatic rings. The molecule has 2 heterocycles. The molecule has 2 aliphatic heterocycles. The number of hydrogen-bond acceptors (Lipinski definition) is 13. The highest BCUT2D eigenvalue weighted by molar-refractivity contribution is 5.76. The van der Waals surface area contributed by atoms with E-state index < -0.39 is 86.8 Å². The fourth-order valence-electron chi connectivity index (χ4n) is 11.5. The molecule has 14 heteroatoms. The minimum Gasteiger partial charge on any atom is -0.394 e. The van der Waals surface area contributed by atoms with Crippen molar-refractivity contribution in [3.8, 4) is 0 Å². The molecule has 2 saturated heterocycles. The van der Waals surface area contributed by atoms with Gasteiger partial charge in [0.1, 0.15) is 48.8 Å². The van der Waals surface area contributed by atoms with Gasteiger partial charge in [-0.05, 0) is 77.0 Å². The Kier molecular flexibility index (Phi) is 55.0. The second-order valence-electron chi connectivity index (χ2n) is 25.3. The largest absolute Gasteiger partial charge is 0.394 e. The van der Waals surface area contributed by atoms with Crippen LogP contribution in [0.2, 0.25) is 0 Å². The maximum Gasteiger partial charge on any atom is 0.220 e. The van der Waals surface area contributed by atoms with Crippen LogP contribution in [0.1, 0.15) is 284 Å². The number of amides is 1. The Hall–Kier alpha value is -3.09. The molecule has 0 saturated carbocycles. The third-order valence-corrected chi connectivity index (χ3v) is 17.3. The van der Waals surface area contributed by atoms with Crippen LogP contribution in [-0.2, 0) is 23.7 Å². The minimum absolute atomic E-state index is 0.240. The SMILES string of the molecule is CC/C=C\C/C=C\C/C=C\C/C=C\C/C=C\C/C=C\C/C=C\CCCCCCCCCCCCCCCCCC(=O)NC(COC1OC(CO)C(OC2OC(CO)C(O)C(O)C2O)C(O)C1O)C(O)/C=C/CCCCCCCCCCCCCCCCCCC. The summed E-state index contributed by atoms with van der Waals surface area (Å²) in [6.45, 7) is 2.71. The average Bonchev–Trinajstić information content (AvgIpc) is 1.58. The summed E-state index contributed by atoms with van der Waals surface area (Å²) in [6, 6.07) is -0.920. The van der Waals surface area contributed by atoms with Crippen LogP contribution >= 0.6 is 0 Å².